The minimum absolute atomic E-state index is 0.167. The van der Waals surface area contributed by atoms with E-state index in [0.717, 1.165) is 19.3 Å². The van der Waals surface area contributed by atoms with Gasteiger partial charge in [-0.1, -0.05) is 44.6 Å². The van der Waals surface area contributed by atoms with E-state index in [1.165, 1.54) is 5.57 Å². The molecule has 1 heteroatoms. The Morgan fingerprint density at radius 3 is 2.73 bits per heavy atom. The van der Waals surface area contributed by atoms with Gasteiger partial charge >= 0.3 is 0 Å². The third-order valence-electron chi connectivity index (χ3n) is 3.87. The molecule has 0 aliphatic heterocycles. The molecule has 0 radical (unpaired) electrons. The molecule has 1 rings (SSSR count). The SMILES string of the molecule is CCC(O)CC=CC1CC=C(C)C1(C)C. The number of aliphatic hydroxyl groups excluding tert-OH is 1. The van der Waals surface area contributed by atoms with Crippen molar-refractivity contribution in [3.05, 3.63) is 23.8 Å². The fraction of sp³-hybridized carbons (Fsp3) is 0.714. The predicted octanol–water partition coefficient (Wildman–Crippen LogP) is 3.70. The molecular weight excluding hydrogens is 184 g/mol. The molecule has 15 heavy (non-hydrogen) atoms. The third kappa shape index (κ3) is 2.94. The molecule has 86 valence electrons. The standard InChI is InChI=1S/C14H24O/c1-5-13(15)8-6-7-12-10-9-11(2)14(12,3)4/h6-7,9,12-13,15H,5,8,10H2,1-4H3. The zero-order chi connectivity index (χ0) is 11.5. The molecule has 1 nitrogen and oxygen atoms in total. The van der Waals surface area contributed by atoms with Gasteiger partial charge in [-0.3, -0.25) is 0 Å². The van der Waals surface area contributed by atoms with Crippen LogP contribution in [0.15, 0.2) is 23.8 Å². The molecule has 0 aromatic rings. The van der Waals surface area contributed by atoms with E-state index in [1.807, 2.05) is 6.92 Å². The second kappa shape index (κ2) is 4.98. The highest BCUT2D eigenvalue weighted by atomic mass is 16.3. The first kappa shape index (κ1) is 12.5. The van der Waals surface area contributed by atoms with Crippen LogP contribution >= 0.6 is 0 Å². The van der Waals surface area contributed by atoms with Crippen molar-refractivity contribution in [3.8, 4) is 0 Å². The van der Waals surface area contributed by atoms with Crippen molar-refractivity contribution in [2.75, 3.05) is 0 Å². The Balaban J connectivity index is 2.48. The molecule has 1 N–H and O–H groups in total. The van der Waals surface area contributed by atoms with Gasteiger partial charge in [-0.05, 0) is 37.5 Å². The lowest BCUT2D eigenvalue weighted by molar-refractivity contribution is 0.173. The quantitative estimate of drug-likeness (QED) is 0.698. The number of hydrogen-bond donors (Lipinski definition) is 1. The summed E-state index contributed by atoms with van der Waals surface area (Å²) >= 11 is 0. The molecule has 0 bridgehead atoms. The van der Waals surface area contributed by atoms with E-state index in [9.17, 15) is 5.11 Å². The van der Waals surface area contributed by atoms with Gasteiger partial charge in [0.05, 0.1) is 6.10 Å². The summed E-state index contributed by atoms with van der Waals surface area (Å²) in [5.74, 6) is 0.613. The van der Waals surface area contributed by atoms with E-state index in [-0.39, 0.29) is 6.10 Å². The number of rotatable bonds is 4. The Bertz CT molecular complexity index is 261. The van der Waals surface area contributed by atoms with Crippen LogP contribution in [0.4, 0.5) is 0 Å². The lowest BCUT2D eigenvalue weighted by Gasteiger charge is -2.27. The Kier molecular flexibility index (Phi) is 4.15. The lowest BCUT2D eigenvalue weighted by Crippen LogP contribution is -2.18. The van der Waals surface area contributed by atoms with Crippen LogP contribution in [0.1, 0.15) is 47.0 Å². The molecule has 0 fully saturated rings. The summed E-state index contributed by atoms with van der Waals surface area (Å²) in [7, 11) is 0. The lowest BCUT2D eigenvalue weighted by atomic mass is 9.77. The molecular formula is C14H24O. The second-order valence-corrected chi connectivity index (χ2v) is 5.18. The van der Waals surface area contributed by atoms with E-state index in [0.29, 0.717) is 11.3 Å². The van der Waals surface area contributed by atoms with Gasteiger partial charge in [0.1, 0.15) is 0 Å². The van der Waals surface area contributed by atoms with Crippen LogP contribution in [-0.4, -0.2) is 11.2 Å². The van der Waals surface area contributed by atoms with Crippen LogP contribution in [0.5, 0.6) is 0 Å². The summed E-state index contributed by atoms with van der Waals surface area (Å²) in [5.41, 5.74) is 1.79. The molecule has 1 aliphatic carbocycles. The van der Waals surface area contributed by atoms with Crippen molar-refractivity contribution in [2.24, 2.45) is 11.3 Å². The summed E-state index contributed by atoms with van der Waals surface area (Å²) < 4.78 is 0. The maximum Gasteiger partial charge on any atom is 0.0572 e. The maximum atomic E-state index is 9.45. The van der Waals surface area contributed by atoms with Crippen LogP contribution in [0.2, 0.25) is 0 Å². The fourth-order valence-corrected chi connectivity index (χ4v) is 2.04. The average molecular weight is 208 g/mol. The van der Waals surface area contributed by atoms with Gasteiger partial charge < -0.3 is 5.11 Å². The monoisotopic (exact) mass is 208 g/mol. The van der Waals surface area contributed by atoms with E-state index in [4.69, 9.17) is 0 Å². The summed E-state index contributed by atoms with van der Waals surface area (Å²) in [6.45, 7) is 8.84. The zero-order valence-corrected chi connectivity index (χ0v) is 10.5. The number of allylic oxidation sites excluding steroid dienone is 3. The van der Waals surface area contributed by atoms with Gasteiger partial charge in [-0.2, -0.15) is 0 Å². The summed E-state index contributed by atoms with van der Waals surface area (Å²) in [4.78, 5) is 0. The Labute approximate surface area is 93.9 Å². The summed E-state index contributed by atoms with van der Waals surface area (Å²) in [6.07, 6.45) is 9.39. The average Bonchev–Trinajstić information content (AvgIpc) is 2.44. The minimum Gasteiger partial charge on any atom is -0.393 e. The summed E-state index contributed by atoms with van der Waals surface area (Å²) in [6, 6.07) is 0. The first-order chi connectivity index (χ1) is 6.98. The van der Waals surface area contributed by atoms with E-state index >= 15 is 0 Å². The smallest absolute Gasteiger partial charge is 0.0572 e. The zero-order valence-electron chi connectivity index (χ0n) is 10.5. The van der Waals surface area contributed by atoms with Gasteiger partial charge in [0, 0.05) is 0 Å². The Morgan fingerprint density at radius 2 is 2.27 bits per heavy atom. The highest BCUT2D eigenvalue weighted by Crippen LogP contribution is 2.43. The molecule has 0 heterocycles. The van der Waals surface area contributed by atoms with E-state index < -0.39 is 0 Å². The highest BCUT2D eigenvalue weighted by Gasteiger charge is 2.32. The van der Waals surface area contributed by atoms with Crippen molar-refractivity contribution in [1.82, 2.24) is 0 Å². The second-order valence-electron chi connectivity index (χ2n) is 5.18. The van der Waals surface area contributed by atoms with Crippen molar-refractivity contribution in [3.63, 3.8) is 0 Å². The topological polar surface area (TPSA) is 20.2 Å². The van der Waals surface area contributed by atoms with Gasteiger partial charge in [0.15, 0.2) is 0 Å². The number of hydrogen-bond acceptors (Lipinski definition) is 1. The fourth-order valence-electron chi connectivity index (χ4n) is 2.04. The van der Waals surface area contributed by atoms with Crippen LogP contribution in [-0.2, 0) is 0 Å². The first-order valence-corrected chi connectivity index (χ1v) is 6.00. The molecule has 0 spiro atoms. The predicted molar refractivity (Wildman–Crippen MR) is 65.7 cm³/mol. The van der Waals surface area contributed by atoms with Gasteiger partial charge in [-0.25, -0.2) is 0 Å². The first-order valence-electron chi connectivity index (χ1n) is 6.00. The van der Waals surface area contributed by atoms with Crippen molar-refractivity contribution >= 4 is 0 Å². The molecule has 0 amide bonds. The molecule has 0 aromatic heterocycles. The van der Waals surface area contributed by atoms with Crippen molar-refractivity contribution in [1.29, 1.82) is 0 Å². The van der Waals surface area contributed by atoms with Crippen LogP contribution in [0.3, 0.4) is 0 Å². The molecule has 1 aliphatic rings. The third-order valence-corrected chi connectivity index (χ3v) is 3.87. The largest absolute Gasteiger partial charge is 0.393 e. The Hall–Kier alpha value is -0.560. The van der Waals surface area contributed by atoms with Crippen LogP contribution in [0.25, 0.3) is 0 Å². The van der Waals surface area contributed by atoms with Gasteiger partial charge in [-0.15, -0.1) is 0 Å². The Morgan fingerprint density at radius 1 is 1.60 bits per heavy atom. The number of aliphatic hydroxyl groups is 1. The van der Waals surface area contributed by atoms with Crippen molar-refractivity contribution < 1.29 is 5.11 Å². The van der Waals surface area contributed by atoms with Crippen LogP contribution in [0, 0.1) is 11.3 Å². The van der Waals surface area contributed by atoms with E-state index in [2.05, 4.69) is 39.0 Å². The highest BCUT2D eigenvalue weighted by molar-refractivity contribution is 5.21. The maximum absolute atomic E-state index is 9.45. The van der Waals surface area contributed by atoms with Gasteiger partial charge in [0.25, 0.3) is 0 Å². The van der Waals surface area contributed by atoms with Gasteiger partial charge in [0.2, 0.25) is 0 Å². The molecule has 0 saturated heterocycles. The molecule has 2 atom stereocenters. The van der Waals surface area contributed by atoms with E-state index in [1.54, 1.807) is 0 Å². The molecule has 0 aromatic carbocycles. The van der Waals surface area contributed by atoms with Crippen molar-refractivity contribution in [2.45, 2.75) is 53.1 Å². The normalized spacial score (nSPS) is 27.0. The molecule has 2 unspecified atom stereocenters. The minimum atomic E-state index is -0.167. The molecule has 0 saturated carbocycles. The summed E-state index contributed by atoms with van der Waals surface area (Å²) in [5, 5.41) is 9.45. The van der Waals surface area contributed by atoms with Crippen LogP contribution < -0.4 is 0 Å².